The molecule has 0 fully saturated rings. The molecule has 0 amide bonds. The van der Waals surface area contributed by atoms with Crippen molar-refractivity contribution in [1.29, 1.82) is 0 Å². The first kappa shape index (κ1) is 12.5. The molecule has 9 heteroatoms. The summed E-state index contributed by atoms with van der Waals surface area (Å²) in [6.45, 7) is 0. The molecule has 0 aromatic rings. The van der Waals surface area contributed by atoms with E-state index < -0.39 is 18.3 Å². The Morgan fingerprint density at radius 1 is 0.778 bits per heavy atom. The van der Waals surface area contributed by atoms with Gasteiger partial charge in [0.25, 0.3) is 0 Å². The molecule has 0 atom stereocenters. The maximum absolute atomic E-state index is 9.37. The summed E-state index contributed by atoms with van der Waals surface area (Å²) in [6, 6.07) is 0. The van der Waals surface area contributed by atoms with Gasteiger partial charge in [-0.3, -0.25) is 9.11 Å². The first-order valence-corrected chi connectivity index (χ1v) is 4.60. The van der Waals surface area contributed by atoms with Crippen LogP contribution < -0.4 is 0 Å². The average Bonchev–Trinajstić information content (AvgIpc) is 1.25. The van der Waals surface area contributed by atoms with Crippen molar-refractivity contribution < 1.29 is 25.9 Å². The van der Waals surface area contributed by atoms with Gasteiger partial charge < -0.3 is 0 Å². The van der Waals surface area contributed by atoms with E-state index in [1.807, 2.05) is 0 Å². The van der Waals surface area contributed by atoms with Crippen LogP contribution in [0, 0.1) is 0 Å². The SMILES string of the molecule is O=S(=O)(O)S(=O)(=O)O.[NaH]. The van der Waals surface area contributed by atoms with Gasteiger partial charge >= 0.3 is 47.9 Å². The van der Waals surface area contributed by atoms with E-state index >= 15 is 0 Å². The van der Waals surface area contributed by atoms with Crippen LogP contribution in [0.3, 0.4) is 0 Å². The molecule has 0 aliphatic carbocycles. The fourth-order valence-electron chi connectivity index (χ4n) is 0. The predicted octanol–water partition coefficient (Wildman–Crippen LogP) is -1.97. The molecule has 0 rings (SSSR count). The minimum atomic E-state index is -5.31. The van der Waals surface area contributed by atoms with E-state index in [1.54, 1.807) is 0 Å². The Labute approximate surface area is 73.4 Å². The van der Waals surface area contributed by atoms with Crippen LogP contribution in [0.15, 0.2) is 0 Å². The van der Waals surface area contributed by atoms with E-state index in [0.29, 0.717) is 0 Å². The van der Waals surface area contributed by atoms with Crippen LogP contribution in [0.2, 0.25) is 0 Å². The van der Waals surface area contributed by atoms with Gasteiger partial charge in [0.05, 0.1) is 0 Å². The van der Waals surface area contributed by atoms with E-state index in [1.165, 1.54) is 0 Å². The molecule has 6 nitrogen and oxygen atoms in total. The Morgan fingerprint density at radius 2 is 0.889 bits per heavy atom. The molecular weight excluding hydrogens is 183 g/mol. The third-order valence-electron chi connectivity index (χ3n) is 0.266. The first-order chi connectivity index (χ1) is 3.25. The van der Waals surface area contributed by atoms with Crippen LogP contribution in [0.5, 0.6) is 0 Å². The summed E-state index contributed by atoms with van der Waals surface area (Å²) in [7, 11) is -10.6. The fraction of sp³-hybridized carbons (Fsp3) is 0. The molecule has 52 valence electrons. The number of hydrogen-bond donors (Lipinski definition) is 2. The normalized spacial score (nSPS) is 12.2. The standard InChI is InChI=1S/Na.H2O6S2.H/c;1-7(2,3)8(4,5)6;/h;(H,1,2,3)(H,4,5,6);. The van der Waals surface area contributed by atoms with Gasteiger partial charge in [-0.1, -0.05) is 0 Å². The molecule has 0 aliphatic heterocycles. The zero-order chi connectivity index (χ0) is 7.00. The Balaban J connectivity index is 0. The van der Waals surface area contributed by atoms with Gasteiger partial charge in [-0.25, -0.2) is 0 Å². The molecule has 0 aromatic heterocycles. The third kappa shape index (κ3) is 4.25. The van der Waals surface area contributed by atoms with Crippen LogP contribution in [0.25, 0.3) is 0 Å². The van der Waals surface area contributed by atoms with Crippen molar-refractivity contribution in [2.24, 2.45) is 0 Å². The van der Waals surface area contributed by atoms with E-state index in [0.717, 1.165) is 0 Å². The van der Waals surface area contributed by atoms with Crippen molar-refractivity contribution >= 4 is 47.9 Å². The molecule has 0 saturated carbocycles. The van der Waals surface area contributed by atoms with Gasteiger partial charge in [-0.15, -0.1) is 0 Å². The molecule has 9 heavy (non-hydrogen) atoms. The molecule has 0 unspecified atom stereocenters. The number of hydrogen-bond acceptors (Lipinski definition) is 4. The maximum atomic E-state index is 9.37. The van der Waals surface area contributed by atoms with Crippen LogP contribution >= 0.6 is 0 Å². The van der Waals surface area contributed by atoms with Gasteiger partial charge in [-0.2, -0.15) is 16.8 Å². The zero-order valence-corrected chi connectivity index (χ0v) is 4.98. The van der Waals surface area contributed by atoms with Crippen LogP contribution in [-0.4, -0.2) is 55.5 Å². The van der Waals surface area contributed by atoms with Crippen LogP contribution in [-0.2, 0) is 18.3 Å². The Morgan fingerprint density at radius 3 is 0.889 bits per heavy atom. The van der Waals surface area contributed by atoms with Crippen LogP contribution in [0.4, 0.5) is 0 Å². The molecule has 2 N–H and O–H groups in total. The molecule has 0 spiro atoms. The van der Waals surface area contributed by atoms with E-state index in [-0.39, 0.29) is 29.6 Å². The fourth-order valence-corrected chi connectivity index (χ4v) is 0. The second-order valence-corrected chi connectivity index (χ2v) is 5.09. The van der Waals surface area contributed by atoms with E-state index in [4.69, 9.17) is 9.11 Å². The molecule has 0 aliphatic rings. The molecule has 0 saturated heterocycles. The Kier molecular flexibility index (Phi) is 4.56. The topological polar surface area (TPSA) is 109 Å². The van der Waals surface area contributed by atoms with Gasteiger partial charge in [-0.05, 0) is 0 Å². The molecule has 0 aromatic carbocycles. The minimum absolute atomic E-state index is 0. The van der Waals surface area contributed by atoms with Crippen molar-refractivity contribution in [2.45, 2.75) is 0 Å². The predicted molar refractivity (Wildman–Crippen MR) is 30.2 cm³/mol. The third-order valence-corrected chi connectivity index (χ3v) is 2.40. The van der Waals surface area contributed by atoms with Crippen molar-refractivity contribution in [2.75, 3.05) is 0 Å². The number of rotatable bonds is 1. The monoisotopic (exact) mass is 186 g/mol. The van der Waals surface area contributed by atoms with Crippen LogP contribution in [0.1, 0.15) is 0 Å². The molecule has 0 bridgehead atoms. The average molecular weight is 186 g/mol. The first-order valence-electron chi connectivity index (χ1n) is 1.20. The summed E-state index contributed by atoms with van der Waals surface area (Å²) >= 11 is 0. The van der Waals surface area contributed by atoms with Crippen molar-refractivity contribution in [1.82, 2.24) is 0 Å². The van der Waals surface area contributed by atoms with Gasteiger partial charge in [0, 0.05) is 0 Å². The summed E-state index contributed by atoms with van der Waals surface area (Å²) in [4.78, 5) is 0. The summed E-state index contributed by atoms with van der Waals surface area (Å²) in [6.07, 6.45) is 0. The summed E-state index contributed by atoms with van der Waals surface area (Å²) in [5.41, 5.74) is 0. The van der Waals surface area contributed by atoms with E-state index in [9.17, 15) is 16.8 Å². The van der Waals surface area contributed by atoms with Gasteiger partial charge in [0.2, 0.25) is 0 Å². The summed E-state index contributed by atoms with van der Waals surface area (Å²) in [5.74, 6) is 0. The van der Waals surface area contributed by atoms with E-state index in [2.05, 4.69) is 0 Å². The quantitative estimate of drug-likeness (QED) is 0.279. The molecule has 0 heterocycles. The summed E-state index contributed by atoms with van der Waals surface area (Å²) in [5, 5.41) is 0. The van der Waals surface area contributed by atoms with Crippen molar-refractivity contribution in [3.8, 4) is 0 Å². The van der Waals surface area contributed by atoms with Gasteiger partial charge in [0.15, 0.2) is 0 Å². The van der Waals surface area contributed by atoms with Crippen molar-refractivity contribution in [3.05, 3.63) is 0 Å². The Hall–Kier alpha value is 0.820. The second-order valence-electron chi connectivity index (χ2n) is 0.855. The summed E-state index contributed by atoms with van der Waals surface area (Å²) < 4.78 is 52.5. The molecular formula is H3NaO6S2. The Bertz CT molecular complexity index is 223. The zero-order valence-electron chi connectivity index (χ0n) is 3.34. The molecule has 0 radical (unpaired) electrons. The van der Waals surface area contributed by atoms with Gasteiger partial charge in [0.1, 0.15) is 0 Å². The van der Waals surface area contributed by atoms with Crippen molar-refractivity contribution in [3.63, 3.8) is 0 Å². The second kappa shape index (κ2) is 3.28.